The quantitative estimate of drug-likeness (QED) is 0.305. The molecular weight excluding hydrogens is 513 g/mol. The molecule has 0 aromatic heterocycles. The molecule has 2 N–H and O–H groups in total. The number of benzene rings is 1. The van der Waals surface area contributed by atoms with E-state index in [0.717, 1.165) is 64.0 Å². The fourth-order valence-electron chi connectivity index (χ4n) is 4.76. The van der Waals surface area contributed by atoms with Gasteiger partial charge in [-0.15, -0.1) is 24.0 Å². The van der Waals surface area contributed by atoms with E-state index >= 15 is 0 Å². The maximum atomic E-state index is 11.7. The maximum absolute atomic E-state index is 11.7. The molecule has 1 unspecified atom stereocenters. The van der Waals surface area contributed by atoms with Crippen LogP contribution in [-0.2, 0) is 4.79 Å². The zero-order valence-corrected chi connectivity index (χ0v) is 22.4. The van der Waals surface area contributed by atoms with Crippen LogP contribution in [0.1, 0.15) is 57.6 Å². The Bertz CT molecular complexity index is 698. The van der Waals surface area contributed by atoms with Crippen molar-refractivity contribution < 1.29 is 4.79 Å². The number of rotatable bonds is 7. The predicted octanol–water partition coefficient (Wildman–Crippen LogP) is 3.89. The number of amides is 1. The van der Waals surface area contributed by atoms with Crippen molar-refractivity contribution in [3.8, 4) is 0 Å². The van der Waals surface area contributed by atoms with Crippen molar-refractivity contribution in [2.45, 2.75) is 52.0 Å². The first-order valence-electron chi connectivity index (χ1n) is 12.1. The number of guanidine groups is 1. The Balaban J connectivity index is 0.00000363. The number of hydrogen-bond acceptors (Lipinski definition) is 3. The normalized spacial score (nSPS) is 19.8. The average Bonchev–Trinajstić information content (AvgIpc) is 2.81. The smallest absolute Gasteiger partial charge is 0.220 e. The lowest BCUT2D eigenvalue weighted by atomic mass is 9.93. The largest absolute Gasteiger partial charge is 0.359 e. The number of nitrogens with one attached hydrogen (secondary N) is 2. The van der Waals surface area contributed by atoms with Gasteiger partial charge < -0.3 is 15.5 Å². The summed E-state index contributed by atoms with van der Waals surface area (Å²) < 4.78 is 0. The first-order chi connectivity index (χ1) is 15.1. The summed E-state index contributed by atoms with van der Waals surface area (Å²) in [6.45, 7) is 10.4. The maximum Gasteiger partial charge on any atom is 0.220 e. The summed E-state index contributed by atoms with van der Waals surface area (Å²) in [5.74, 6) is 2.48. The predicted molar refractivity (Wildman–Crippen MR) is 144 cm³/mol. The second kappa shape index (κ2) is 14.0. The van der Waals surface area contributed by atoms with E-state index in [0.29, 0.717) is 18.4 Å². The van der Waals surface area contributed by atoms with E-state index in [4.69, 9.17) is 4.99 Å². The monoisotopic (exact) mass is 555 g/mol. The molecule has 1 aromatic carbocycles. The van der Waals surface area contributed by atoms with Crippen molar-refractivity contribution >= 4 is 35.8 Å². The highest BCUT2D eigenvalue weighted by atomic mass is 127. The number of likely N-dealkylation sites (tertiary alicyclic amines) is 2. The van der Waals surface area contributed by atoms with Crippen LogP contribution in [0.5, 0.6) is 0 Å². The summed E-state index contributed by atoms with van der Waals surface area (Å²) in [5.41, 5.74) is 1.36. The van der Waals surface area contributed by atoms with E-state index in [-0.39, 0.29) is 29.9 Å². The van der Waals surface area contributed by atoms with Crippen molar-refractivity contribution in [1.82, 2.24) is 20.4 Å². The molecule has 7 heteroatoms. The third kappa shape index (κ3) is 7.90. The van der Waals surface area contributed by atoms with Crippen LogP contribution in [-0.4, -0.2) is 68.0 Å². The number of carbonyl (C=O) groups excluding carboxylic acids is 1. The van der Waals surface area contributed by atoms with Crippen LogP contribution >= 0.6 is 24.0 Å². The lowest BCUT2D eigenvalue weighted by Gasteiger charge is -2.37. The van der Waals surface area contributed by atoms with Crippen LogP contribution in [0.15, 0.2) is 35.3 Å². The van der Waals surface area contributed by atoms with Gasteiger partial charge in [0.25, 0.3) is 0 Å². The molecule has 1 atom stereocenters. The Hall–Kier alpha value is -1.35. The Morgan fingerprint density at radius 2 is 1.75 bits per heavy atom. The number of piperidine rings is 2. The fraction of sp³-hybridized carbons (Fsp3) is 0.680. The number of halogens is 1. The van der Waals surface area contributed by atoms with Gasteiger partial charge in [-0.05, 0) is 63.1 Å². The van der Waals surface area contributed by atoms with E-state index < -0.39 is 0 Å². The molecule has 1 aromatic rings. The highest BCUT2D eigenvalue weighted by Crippen LogP contribution is 2.27. The Kier molecular flexibility index (Phi) is 11.8. The molecule has 32 heavy (non-hydrogen) atoms. The van der Waals surface area contributed by atoms with Gasteiger partial charge in [-0.3, -0.25) is 14.7 Å². The van der Waals surface area contributed by atoms with Crippen LogP contribution in [0.2, 0.25) is 0 Å². The Morgan fingerprint density at radius 1 is 1.09 bits per heavy atom. The minimum Gasteiger partial charge on any atom is -0.359 e. The molecule has 0 spiro atoms. The van der Waals surface area contributed by atoms with Crippen molar-refractivity contribution in [2.75, 3.05) is 46.3 Å². The highest BCUT2D eigenvalue weighted by Gasteiger charge is 2.26. The molecule has 180 valence electrons. The third-order valence-electron chi connectivity index (χ3n) is 6.86. The second-order valence-corrected chi connectivity index (χ2v) is 9.15. The minimum atomic E-state index is 0. The summed E-state index contributed by atoms with van der Waals surface area (Å²) in [6, 6.07) is 11.2. The van der Waals surface area contributed by atoms with Crippen molar-refractivity contribution in [3.63, 3.8) is 0 Å². The van der Waals surface area contributed by atoms with Gasteiger partial charge in [0.05, 0.1) is 12.6 Å². The van der Waals surface area contributed by atoms with Gasteiger partial charge in [-0.2, -0.15) is 0 Å². The van der Waals surface area contributed by atoms with Gasteiger partial charge in [0.2, 0.25) is 5.91 Å². The molecule has 2 aliphatic rings. The Morgan fingerprint density at radius 3 is 2.34 bits per heavy atom. The molecule has 0 saturated carbocycles. The van der Waals surface area contributed by atoms with Crippen molar-refractivity contribution in [3.05, 3.63) is 35.9 Å². The van der Waals surface area contributed by atoms with E-state index in [2.05, 4.69) is 64.6 Å². The van der Waals surface area contributed by atoms with Gasteiger partial charge in [0, 0.05) is 33.1 Å². The zero-order valence-electron chi connectivity index (χ0n) is 20.1. The lowest BCUT2D eigenvalue weighted by molar-refractivity contribution is -0.121. The Labute approximate surface area is 211 Å². The van der Waals surface area contributed by atoms with Gasteiger partial charge in [-0.25, -0.2) is 0 Å². The van der Waals surface area contributed by atoms with Crippen molar-refractivity contribution in [1.29, 1.82) is 0 Å². The van der Waals surface area contributed by atoms with E-state index in [9.17, 15) is 4.79 Å². The van der Waals surface area contributed by atoms with Gasteiger partial charge >= 0.3 is 0 Å². The fourth-order valence-corrected chi connectivity index (χ4v) is 4.76. The first-order valence-corrected chi connectivity index (χ1v) is 12.1. The third-order valence-corrected chi connectivity index (χ3v) is 6.86. The molecule has 3 rings (SSSR count). The van der Waals surface area contributed by atoms with Crippen LogP contribution in [0.25, 0.3) is 0 Å². The molecule has 0 bridgehead atoms. The zero-order chi connectivity index (χ0) is 22.1. The molecule has 2 saturated heterocycles. The summed E-state index contributed by atoms with van der Waals surface area (Å²) >= 11 is 0. The summed E-state index contributed by atoms with van der Waals surface area (Å²) in [4.78, 5) is 21.8. The minimum absolute atomic E-state index is 0. The SMILES string of the molecule is CCNC(=NCC(c1ccccc1)N1CCC(C)CC1)N1CCC(CC(=O)NC)CC1.I. The summed E-state index contributed by atoms with van der Waals surface area (Å²) in [5, 5.41) is 6.27. The molecular formula is C25H42IN5O. The molecule has 2 heterocycles. The molecule has 1 amide bonds. The highest BCUT2D eigenvalue weighted by molar-refractivity contribution is 14.0. The van der Waals surface area contributed by atoms with Gasteiger partial charge in [-0.1, -0.05) is 37.3 Å². The van der Waals surface area contributed by atoms with Crippen LogP contribution in [0.4, 0.5) is 0 Å². The topological polar surface area (TPSA) is 60.0 Å². The number of hydrogen-bond donors (Lipinski definition) is 2. The van der Waals surface area contributed by atoms with Gasteiger partial charge in [0.15, 0.2) is 5.96 Å². The molecule has 2 aliphatic heterocycles. The average molecular weight is 556 g/mol. The number of carbonyl (C=O) groups is 1. The van der Waals surface area contributed by atoms with E-state index in [1.807, 2.05) is 0 Å². The van der Waals surface area contributed by atoms with Crippen molar-refractivity contribution in [2.24, 2.45) is 16.8 Å². The second-order valence-electron chi connectivity index (χ2n) is 9.15. The molecule has 0 radical (unpaired) electrons. The van der Waals surface area contributed by atoms with E-state index in [1.165, 1.54) is 18.4 Å². The lowest BCUT2D eigenvalue weighted by Crippen LogP contribution is -2.46. The number of nitrogens with zero attached hydrogens (tertiary/aromatic N) is 3. The molecule has 0 aliphatic carbocycles. The number of aliphatic imine (C=N–C) groups is 1. The summed E-state index contributed by atoms with van der Waals surface area (Å²) in [6.07, 6.45) is 5.27. The van der Waals surface area contributed by atoms with Crippen LogP contribution in [0, 0.1) is 11.8 Å². The van der Waals surface area contributed by atoms with Crippen LogP contribution in [0.3, 0.4) is 0 Å². The first kappa shape index (κ1) is 26.9. The molecule has 2 fully saturated rings. The summed E-state index contributed by atoms with van der Waals surface area (Å²) in [7, 11) is 1.72. The standard InChI is InChI=1S/C25H41N5O.HI/c1-4-27-25(30-16-12-21(13-17-30)18-24(31)26-3)28-19-23(22-8-6-5-7-9-22)29-14-10-20(2)11-15-29;/h5-9,20-21,23H,4,10-19H2,1-3H3,(H,26,31)(H,27,28);1H. The van der Waals surface area contributed by atoms with Gasteiger partial charge in [0.1, 0.15) is 0 Å². The van der Waals surface area contributed by atoms with E-state index in [1.54, 1.807) is 7.05 Å². The van der Waals surface area contributed by atoms with Crippen LogP contribution < -0.4 is 10.6 Å². The molecule has 6 nitrogen and oxygen atoms in total.